The Kier molecular flexibility index (Phi) is 13.5. The number of hydrogen-bond donors (Lipinski definition) is 3. The number of nitrogens with zero attached hydrogens (tertiary/aromatic N) is 5. The van der Waals surface area contributed by atoms with E-state index in [2.05, 4.69) is 15.7 Å². The topological polar surface area (TPSA) is 202 Å². The Labute approximate surface area is 287 Å². The minimum absolute atomic E-state index is 0.0204. The number of benzene rings is 1. The quantitative estimate of drug-likeness (QED) is 0.222. The van der Waals surface area contributed by atoms with E-state index in [0.717, 1.165) is 0 Å². The monoisotopic (exact) mass is 703 g/mol. The second kappa shape index (κ2) is 17.9. The summed E-state index contributed by atoms with van der Waals surface area (Å²) in [5.74, 6) is -3.39. The maximum Gasteiger partial charge on any atom is 0.527 e. The number of hydroxylamine groups is 2. The summed E-state index contributed by atoms with van der Waals surface area (Å²) in [7, 11) is 0. The third kappa shape index (κ3) is 9.90. The van der Waals surface area contributed by atoms with Gasteiger partial charge in [0, 0.05) is 38.2 Å². The zero-order valence-electron chi connectivity index (χ0n) is 27.9. The number of para-hydroxylation sites is 1. The number of hydrogen-bond acceptors (Lipinski definition) is 11. The van der Waals surface area contributed by atoms with E-state index in [0.29, 0.717) is 25.1 Å². The first kappa shape index (κ1) is 37.6. The van der Waals surface area contributed by atoms with Crippen LogP contribution in [-0.2, 0) is 28.8 Å². The molecule has 0 spiro atoms. The largest absolute Gasteiger partial charge is 0.527 e. The average molecular weight is 704 g/mol. The highest BCUT2D eigenvalue weighted by Crippen LogP contribution is 2.22. The van der Waals surface area contributed by atoms with Gasteiger partial charge in [0.25, 0.3) is 11.8 Å². The molecule has 17 nitrogen and oxygen atoms in total. The summed E-state index contributed by atoms with van der Waals surface area (Å²) in [6.07, 6.45) is -0.475. The second-order valence-electron chi connectivity index (χ2n) is 11.6. The molecule has 0 saturated carbocycles. The van der Waals surface area contributed by atoms with Gasteiger partial charge in [0.05, 0.1) is 25.4 Å². The van der Waals surface area contributed by atoms with Crippen LogP contribution in [0.5, 0.6) is 5.88 Å². The van der Waals surface area contributed by atoms with Crippen molar-refractivity contribution in [2.24, 2.45) is 0 Å². The number of carboxylic acid groups (broad SMARTS) is 1. The molecule has 3 heterocycles. The van der Waals surface area contributed by atoms with Crippen LogP contribution in [0.3, 0.4) is 0 Å². The van der Waals surface area contributed by atoms with E-state index in [9.17, 15) is 38.3 Å². The Bertz CT molecular complexity index is 1520. The molecule has 3 N–H and O–H groups in total. The SMILES string of the molecule is CCOC(=O)ON1CCN(C(=O)[C@H](CCC(=O)O)NC(=O)c2cc(OCC(=O)N3CCC[C@H]3C(=O)NCCF)n(-c3ccccc3)n2)[C@@H](C)C1. The molecule has 2 fully saturated rings. The van der Waals surface area contributed by atoms with Crippen molar-refractivity contribution in [2.75, 3.05) is 52.6 Å². The molecule has 1 aromatic carbocycles. The summed E-state index contributed by atoms with van der Waals surface area (Å²) < 4.78 is 24.5. The van der Waals surface area contributed by atoms with Gasteiger partial charge in [-0.05, 0) is 45.2 Å². The van der Waals surface area contributed by atoms with Crippen molar-refractivity contribution in [3.8, 4) is 11.6 Å². The fourth-order valence-electron chi connectivity index (χ4n) is 5.72. The number of carbonyl (C=O) groups excluding carboxylic acids is 5. The molecule has 2 aliphatic rings. The van der Waals surface area contributed by atoms with E-state index in [1.54, 1.807) is 44.2 Å². The first-order chi connectivity index (χ1) is 24.0. The molecule has 0 bridgehead atoms. The maximum absolute atomic E-state index is 13.7. The minimum Gasteiger partial charge on any atom is -0.481 e. The van der Waals surface area contributed by atoms with Crippen LogP contribution in [0.25, 0.3) is 5.69 Å². The zero-order chi connectivity index (χ0) is 36.2. The molecule has 0 radical (unpaired) electrons. The number of rotatable bonds is 15. The van der Waals surface area contributed by atoms with Crippen LogP contribution in [0.4, 0.5) is 9.18 Å². The summed E-state index contributed by atoms with van der Waals surface area (Å²) in [4.78, 5) is 84.0. The van der Waals surface area contributed by atoms with Gasteiger partial charge in [-0.3, -0.25) is 24.0 Å². The van der Waals surface area contributed by atoms with E-state index >= 15 is 0 Å². The normalized spacial score (nSPS) is 18.2. The van der Waals surface area contributed by atoms with Crippen molar-refractivity contribution in [2.45, 2.75) is 57.7 Å². The van der Waals surface area contributed by atoms with Crippen molar-refractivity contribution >= 4 is 35.8 Å². The minimum atomic E-state index is -1.23. The van der Waals surface area contributed by atoms with E-state index < -0.39 is 73.6 Å². The number of piperazine rings is 1. The van der Waals surface area contributed by atoms with Gasteiger partial charge in [0.1, 0.15) is 18.8 Å². The van der Waals surface area contributed by atoms with Crippen LogP contribution in [-0.4, -0.2) is 136 Å². The Morgan fingerprint density at radius 1 is 1.08 bits per heavy atom. The number of aliphatic carboxylic acids is 1. The number of ether oxygens (including phenoxy) is 2. The lowest BCUT2D eigenvalue weighted by Gasteiger charge is -2.39. The number of halogens is 1. The molecule has 2 aliphatic heterocycles. The van der Waals surface area contributed by atoms with Crippen molar-refractivity contribution < 1.29 is 52.6 Å². The van der Waals surface area contributed by atoms with Gasteiger partial charge in [-0.1, -0.05) is 18.2 Å². The Hall–Kier alpha value is -5.26. The molecule has 0 unspecified atom stereocenters. The Balaban J connectivity index is 1.48. The highest BCUT2D eigenvalue weighted by atomic mass is 19.1. The lowest BCUT2D eigenvalue weighted by atomic mass is 10.1. The van der Waals surface area contributed by atoms with Gasteiger partial charge in [-0.25, -0.2) is 13.9 Å². The number of likely N-dealkylation sites (tertiary alicyclic amines) is 1. The number of nitrogens with one attached hydrogen (secondary N) is 2. The lowest BCUT2D eigenvalue weighted by Crippen LogP contribution is -2.59. The van der Waals surface area contributed by atoms with E-state index in [1.807, 2.05) is 0 Å². The molecule has 0 aliphatic carbocycles. The molecule has 4 rings (SSSR count). The maximum atomic E-state index is 13.7. The van der Waals surface area contributed by atoms with E-state index in [1.165, 1.54) is 25.6 Å². The summed E-state index contributed by atoms with van der Waals surface area (Å²) in [6.45, 7) is 2.89. The fraction of sp³-hybridized carbons (Fsp3) is 0.531. The zero-order valence-corrected chi connectivity index (χ0v) is 27.9. The molecule has 2 saturated heterocycles. The smallest absolute Gasteiger partial charge is 0.481 e. The summed E-state index contributed by atoms with van der Waals surface area (Å²) >= 11 is 0. The summed E-state index contributed by atoms with van der Waals surface area (Å²) in [5.41, 5.74) is 0.323. The van der Waals surface area contributed by atoms with Crippen molar-refractivity contribution in [1.82, 2.24) is 35.3 Å². The third-order valence-corrected chi connectivity index (χ3v) is 8.11. The second-order valence-corrected chi connectivity index (χ2v) is 11.6. The molecule has 1 aromatic heterocycles. The summed E-state index contributed by atoms with van der Waals surface area (Å²) in [5, 5.41) is 20.2. The van der Waals surface area contributed by atoms with Crippen molar-refractivity contribution in [1.29, 1.82) is 0 Å². The third-order valence-electron chi connectivity index (χ3n) is 8.11. The van der Waals surface area contributed by atoms with Crippen LogP contribution in [0, 0.1) is 0 Å². The lowest BCUT2D eigenvalue weighted by molar-refractivity contribution is -0.166. The number of carbonyl (C=O) groups is 6. The Morgan fingerprint density at radius 2 is 1.84 bits per heavy atom. The van der Waals surface area contributed by atoms with Crippen LogP contribution in [0.15, 0.2) is 36.4 Å². The van der Waals surface area contributed by atoms with Gasteiger partial charge in [0.2, 0.25) is 17.7 Å². The van der Waals surface area contributed by atoms with Gasteiger partial charge in [0.15, 0.2) is 12.3 Å². The molecule has 4 amide bonds. The first-order valence-corrected chi connectivity index (χ1v) is 16.4. The highest BCUT2D eigenvalue weighted by molar-refractivity contribution is 5.96. The number of amides is 4. The van der Waals surface area contributed by atoms with Crippen LogP contribution < -0.4 is 15.4 Å². The van der Waals surface area contributed by atoms with E-state index in [4.69, 9.17) is 14.3 Å². The molecule has 50 heavy (non-hydrogen) atoms. The predicted octanol–water partition coefficient (Wildman–Crippen LogP) is 0.912. The number of carboxylic acids is 1. The average Bonchev–Trinajstić information content (AvgIpc) is 3.76. The van der Waals surface area contributed by atoms with Crippen LogP contribution in [0.1, 0.15) is 50.0 Å². The van der Waals surface area contributed by atoms with Gasteiger partial charge in [-0.2, -0.15) is 5.10 Å². The van der Waals surface area contributed by atoms with Crippen LogP contribution >= 0.6 is 0 Å². The number of aromatic nitrogens is 2. The van der Waals surface area contributed by atoms with Crippen LogP contribution in [0.2, 0.25) is 0 Å². The summed E-state index contributed by atoms with van der Waals surface area (Å²) in [6, 6.07) is 7.46. The number of alkyl halides is 1. The first-order valence-electron chi connectivity index (χ1n) is 16.4. The molecule has 3 atom stereocenters. The van der Waals surface area contributed by atoms with Gasteiger partial charge in [-0.15, -0.1) is 5.06 Å². The molecule has 2 aromatic rings. The predicted molar refractivity (Wildman–Crippen MR) is 172 cm³/mol. The standard InChI is InChI=1S/C32H42FN7O10/c1-3-48-32(47)50-37-16-17-38(21(2)19-37)31(46)23(11-12-28(42)43)35-29(44)24-18-27(40(36-24)22-8-5-4-6-9-22)49-20-26(41)39-15-7-10-25(39)30(45)34-14-13-33/h4-6,8-9,18,21,23,25H,3,7,10-17,19-20H2,1-2H3,(H,34,45)(H,35,44)(H,42,43)/t21-,23-,25-/m0/s1. The molecule has 272 valence electrons. The molecule has 18 heteroatoms. The molecular formula is C32H42FN7O10. The van der Waals surface area contributed by atoms with Crippen molar-refractivity contribution in [3.05, 3.63) is 42.1 Å². The Morgan fingerprint density at radius 3 is 2.52 bits per heavy atom. The highest BCUT2D eigenvalue weighted by Gasteiger charge is 2.36. The molecular weight excluding hydrogens is 661 g/mol. The van der Waals surface area contributed by atoms with Gasteiger partial charge >= 0.3 is 12.1 Å². The van der Waals surface area contributed by atoms with E-state index in [-0.39, 0.29) is 50.8 Å². The van der Waals surface area contributed by atoms with Gasteiger partial charge < -0.3 is 39.9 Å². The fourth-order valence-corrected chi connectivity index (χ4v) is 5.72. The van der Waals surface area contributed by atoms with Crippen molar-refractivity contribution in [3.63, 3.8) is 0 Å².